The fourth-order valence-corrected chi connectivity index (χ4v) is 1.17. The molecule has 0 aromatic heterocycles. The average Bonchev–Trinajstić information content (AvgIpc) is 2.12. The van der Waals surface area contributed by atoms with Crippen LogP contribution in [-0.4, -0.2) is 31.6 Å². The monoisotopic (exact) mass is 190 g/mol. The third kappa shape index (κ3) is 4.85. The quantitative estimate of drug-likeness (QED) is 0.618. The number of carbonyl (C=O) groups is 1. The van der Waals surface area contributed by atoms with Crippen molar-refractivity contribution in [2.24, 2.45) is 5.92 Å². The summed E-state index contributed by atoms with van der Waals surface area (Å²) in [5, 5.41) is 8.75. The maximum Gasteiger partial charge on any atom is 0.306 e. The van der Waals surface area contributed by atoms with E-state index in [0.29, 0.717) is 19.3 Å². The minimum Gasteiger partial charge on any atom is -0.481 e. The summed E-state index contributed by atoms with van der Waals surface area (Å²) in [5.74, 6) is -1.03. The first-order valence-corrected chi connectivity index (χ1v) is 4.44. The molecule has 0 bridgehead atoms. The van der Waals surface area contributed by atoms with E-state index in [2.05, 4.69) is 0 Å². The van der Waals surface area contributed by atoms with Crippen LogP contribution < -0.4 is 0 Å². The molecule has 13 heavy (non-hydrogen) atoms. The van der Waals surface area contributed by atoms with Gasteiger partial charge in [0.25, 0.3) is 0 Å². The van der Waals surface area contributed by atoms with Gasteiger partial charge in [-0.25, -0.2) is 0 Å². The highest BCUT2D eigenvalue weighted by Gasteiger charge is 2.17. The normalized spacial score (nSPS) is 13.2. The van der Waals surface area contributed by atoms with E-state index >= 15 is 0 Å². The first-order valence-electron chi connectivity index (χ1n) is 4.44. The van der Waals surface area contributed by atoms with Gasteiger partial charge in [-0.2, -0.15) is 0 Å². The highest BCUT2D eigenvalue weighted by atomic mass is 16.7. The summed E-state index contributed by atoms with van der Waals surface area (Å²) in [6.45, 7) is 1.87. The van der Waals surface area contributed by atoms with Crippen LogP contribution in [0.5, 0.6) is 0 Å². The lowest BCUT2D eigenvalue weighted by atomic mass is 10.0. The Balaban J connectivity index is 3.76. The smallest absolute Gasteiger partial charge is 0.306 e. The molecule has 0 rings (SSSR count). The second kappa shape index (κ2) is 6.86. The fraction of sp³-hybridized carbons (Fsp3) is 0.889. The van der Waals surface area contributed by atoms with Crippen LogP contribution in [-0.2, 0) is 14.3 Å². The molecule has 4 nitrogen and oxygen atoms in total. The summed E-state index contributed by atoms with van der Waals surface area (Å²) < 4.78 is 9.92. The topological polar surface area (TPSA) is 55.8 Å². The van der Waals surface area contributed by atoms with Gasteiger partial charge in [0.05, 0.1) is 5.92 Å². The molecule has 0 aromatic rings. The van der Waals surface area contributed by atoms with Crippen molar-refractivity contribution < 1.29 is 19.4 Å². The minimum absolute atomic E-state index is 0.284. The molecule has 1 unspecified atom stereocenters. The van der Waals surface area contributed by atoms with Crippen molar-refractivity contribution in [3.63, 3.8) is 0 Å². The minimum atomic E-state index is -0.742. The first-order chi connectivity index (χ1) is 6.15. The third-order valence-electron chi connectivity index (χ3n) is 2.12. The van der Waals surface area contributed by atoms with Gasteiger partial charge in [0.15, 0.2) is 6.29 Å². The molecule has 0 saturated heterocycles. The van der Waals surface area contributed by atoms with Gasteiger partial charge in [-0.05, 0) is 19.3 Å². The molecular weight excluding hydrogens is 172 g/mol. The van der Waals surface area contributed by atoms with Gasteiger partial charge in [0, 0.05) is 14.2 Å². The Hall–Kier alpha value is -0.610. The van der Waals surface area contributed by atoms with E-state index in [0.717, 1.165) is 0 Å². The number of carboxylic acid groups (broad SMARTS) is 1. The van der Waals surface area contributed by atoms with E-state index in [4.69, 9.17) is 14.6 Å². The molecule has 0 saturated carbocycles. The van der Waals surface area contributed by atoms with Gasteiger partial charge < -0.3 is 14.6 Å². The Kier molecular flexibility index (Phi) is 6.54. The number of aliphatic carboxylic acids is 1. The standard InChI is InChI=1S/C9H18O4/c1-4-7(9(10)11)5-6-8(12-2)13-3/h7-8H,4-6H2,1-3H3,(H,10,11). The SMILES string of the molecule is CCC(CCC(OC)OC)C(=O)O. The lowest BCUT2D eigenvalue weighted by Gasteiger charge is -2.15. The number of hydrogen-bond acceptors (Lipinski definition) is 3. The Morgan fingerprint density at radius 3 is 2.15 bits per heavy atom. The fourth-order valence-electron chi connectivity index (χ4n) is 1.17. The highest BCUT2D eigenvalue weighted by molar-refractivity contribution is 5.69. The predicted molar refractivity (Wildman–Crippen MR) is 48.5 cm³/mol. The maximum atomic E-state index is 10.6. The van der Waals surface area contributed by atoms with E-state index in [1.807, 2.05) is 6.92 Å². The van der Waals surface area contributed by atoms with E-state index in [9.17, 15) is 4.79 Å². The Morgan fingerprint density at radius 2 is 1.85 bits per heavy atom. The van der Waals surface area contributed by atoms with E-state index < -0.39 is 5.97 Å². The molecule has 0 amide bonds. The summed E-state index contributed by atoms with van der Waals surface area (Å²) in [6.07, 6.45) is 1.58. The Labute approximate surface area is 78.8 Å². The molecule has 0 radical (unpaired) electrons. The van der Waals surface area contributed by atoms with Crippen LogP contribution in [0.2, 0.25) is 0 Å². The van der Waals surface area contributed by atoms with Crippen molar-refractivity contribution >= 4 is 5.97 Å². The van der Waals surface area contributed by atoms with E-state index in [1.54, 1.807) is 14.2 Å². The van der Waals surface area contributed by atoms with Crippen molar-refractivity contribution in [2.75, 3.05) is 14.2 Å². The van der Waals surface area contributed by atoms with Crippen LogP contribution in [0, 0.1) is 5.92 Å². The summed E-state index contributed by atoms with van der Waals surface area (Å²) in [5.41, 5.74) is 0. The zero-order valence-corrected chi connectivity index (χ0v) is 8.45. The molecule has 0 aliphatic carbocycles. The summed E-state index contributed by atoms with van der Waals surface area (Å²) >= 11 is 0. The third-order valence-corrected chi connectivity index (χ3v) is 2.12. The second-order valence-electron chi connectivity index (χ2n) is 2.92. The molecule has 0 fully saturated rings. The summed E-state index contributed by atoms with van der Waals surface area (Å²) in [4.78, 5) is 10.6. The molecule has 1 N–H and O–H groups in total. The molecule has 0 heterocycles. The number of methoxy groups -OCH3 is 2. The average molecular weight is 190 g/mol. The van der Waals surface area contributed by atoms with Crippen LogP contribution in [0.1, 0.15) is 26.2 Å². The van der Waals surface area contributed by atoms with Crippen LogP contribution in [0.4, 0.5) is 0 Å². The lowest BCUT2D eigenvalue weighted by molar-refractivity contribution is -0.143. The zero-order chi connectivity index (χ0) is 10.3. The van der Waals surface area contributed by atoms with Crippen molar-refractivity contribution in [1.82, 2.24) is 0 Å². The van der Waals surface area contributed by atoms with Crippen LogP contribution in [0.3, 0.4) is 0 Å². The number of hydrogen-bond donors (Lipinski definition) is 1. The lowest BCUT2D eigenvalue weighted by Crippen LogP contribution is -2.18. The number of ether oxygens (including phenoxy) is 2. The van der Waals surface area contributed by atoms with Gasteiger partial charge >= 0.3 is 5.97 Å². The van der Waals surface area contributed by atoms with Crippen molar-refractivity contribution in [3.05, 3.63) is 0 Å². The van der Waals surface area contributed by atoms with Gasteiger partial charge in [-0.1, -0.05) is 6.92 Å². The maximum absolute atomic E-state index is 10.6. The zero-order valence-electron chi connectivity index (χ0n) is 8.45. The van der Waals surface area contributed by atoms with Gasteiger partial charge in [0.1, 0.15) is 0 Å². The van der Waals surface area contributed by atoms with Crippen molar-refractivity contribution in [1.29, 1.82) is 0 Å². The van der Waals surface area contributed by atoms with Gasteiger partial charge in [0.2, 0.25) is 0 Å². The molecular formula is C9H18O4. The Morgan fingerprint density at radius 1 is 1.31 bits per heavy atom. The molecule has 0 spiro atoms. The van der Waals surface area contributed by atoms with E-state index in [1.165, 1.54) is 0 Å². The Bertz CT molecular complexity index is 143. The van der Waals surface area contributed by atoms with Crippen LogP contribution in [0.25, 0.3) is 0 Å². The van der Waals surface area contributed by atoms with Crippen LogP contribution in [0.15, 0.2) is 0 Å². The van der Waals surface area contributed by atoms with Gasteiger partial charge in [-0.15, -0.1) is 0 Å². The highest BCUT2D eigenvalue weighted by Crippen LogP contribution is 2.14. The largest absolute Gasteiger partial charge is 0.481 e. The molecule has 0 aliphatic rings. The summed E-state index contributed by atoms with van der Waals surface area (Å²) in [7, 11) is 3.10. The molecule has 0 aliphatic heterocycles. The first kappa shape index (κ1) is 12.4. The number of rotatable bonds is 7. The molecule has 1 atom stereocenters. The van der Waals surface area contributed by atoms with Crippen LogP contribution >= 0.6 is 0 Å². The van der Waals surface area contributed by atoms with Gasteiger partial charge in [-0.3, -0.25) is 4.79 Å². The molecule has 78 valence electrons. The van der Waals surface area contributed by atoms with Crippen molar-refractivity contribution in [2.45, 2.75) is 32.5 Å². The van der Waals surface area contributed by atoms with E-state index in [-0.39, 0.29) is 12.2 Å². The summed E-state index contributed by atoms with van der Waals surface area (Å²) in [6, 6.07) is 0. The molecule has 4 heteroatoms. The number of carboxylic acids is 1. The predicted octanol–water partition coefficient (Wildman–Crippen LogP) is 1.50. The second-order valence-corrected chi connectivity index (χ2v) is 2.92. The molecule has 0 aromatic carbocycles. The van der Waals surface area contributed by atoms with Crippen molar-refractivity contribution in [3.8, 4) is 0 Å².